The Balaban J connectivity index is 1.29. The average molecular weight is 399 g/mol. The number of hydrogen-bond acceptors (Lipinski definition) is 4. The number of carbonyl (C=O) groups is 1. The Morgan fingerprint density at radius 2 is 2.00 bits per heavy atom. The standard InChI is InChI=1S/C21H23FN4OS/c22-17-3-5-18(6-4-17)26-15-23-13-20(26)21(27)24-12-16-7-9-25(10-8-16)14-19-2-1-11-28-19/h1-6,11,13,15-16H,7-10,12,14H2,(H,24,27). The summed E-state index contributed by atoms with van der Waals surface area (Å²) < 4.78 is 14.8. The maximum atomic E-state index is 13.1. The molecule has 1 fully saturated rings. The van der Waals surface area contributed by atoms with Crippen LogP contribution in [0.3, 0.4) is 0 Å². The number of hydrogen-bond donors (Lipinski definition) is 1. The lowest BCUT2D eigenvalue weighted by Crippen LogP contribution is -2.38. The number of halogens is 1. The highest BCUT2D eigenvalue weighted by Crippen LogP contribution is 2.20. The number of aromatic nitrogens is 2. The van der Waals surface area contributed by atoms with Crippen molar-refractivity contribution in [1.29, 1.82) is 0 Å². The number of piperidine rings is 1. The molecule has 3 aromatic rings. The molecule has 1 aliphatic rings. The van der Waals surface area contributed by atoms with Crippen molar-refractivity contribution in [2.45, 2.75) is 19.4 Å². The fourth-order valence-corrected chi connectivity index (χ4v) is 4.32. The second-order valence-electron chi connectivity index (χ2n) is 7.13. The lowest BCUT2D eigenvalue weighted by Gasteiger charge is -2.31. The van der Waals surface area contributed by atoms with Crippen LogP contribution in [0.5, 0.6) is 0 Å². The molecule has 5 nitrogen and oxygen atoms in total. The first-order chi connectivity index (χ1) is 13.7. The summed E-state index contributed by atoms with van der Waals surface area (Å²) in [5.74, 6) is 0.0360. The minimum absolute atomic E-state index is 0.150. The third-order valence-electron chi connectivity index (χ3n) is 5.19. The molecule has 146 valence electrons. The second kappa shape index (κ2) is 8.67. The van der Waals surface area contributed by atoms with Crippen molar-refractivity contribution < 1.29 is 9.18 Å². The van der Waals surface area contributed by atoms with E-state index in [4.69, 9.17) is 0 Å². The highest BCUT2D eigenvalue weighted by atomic mass is 32.1. The highest BCUT2D eigenvalue weighted by Gasteiger charge is 2.21. The van der Waals surface area contributed by atoms with Crippen LogP contribution in [0.25, 0.3) is 5.69 Å². The molecular formula is C21H23FN4OS. The van der Waals surface area contributed by atoms with Crippen LogP contribution >= 0.6 is 11.3 Å². The van der Waals surface area contributed by atoms with Gasteiger partial charge in [0, 0.05) is 23.7 Å². The predicted octanol–water partition coefficient (Wildman–Crippen LogP) is 3.71. The van der Waals surface area contributed by atoms with E-state index in [1.165, 1.54) is 17.0 Å². The first-order valence-electron chi connectivity index (χ1n) is 9.50. The van der Waals surface area contributed by atoms with E-state index in [2.05, 4.69) is 32.7 Å². The molecule has 0 saturated carbocycles. The van der Waals surface area contributed by atoms with Gasteiger partial charge in [0.2, 0.25) is 0 Å². The third kappa shape index (κ3) is 4.48. The van der Waals surface area contributed by atoms with Gasteiger partial charge in [0.25, 0.3) is 5.91 Å². The summed E-state index contributed by atoms with van der Waals surface area (Å²) in [6.07, 6.45) is 5.29. The van der Waals surface area contributed by atoms with Crippen molar-refractivity contribution in [2.75, 3.05) is 19.6 Å². The zero-order chi connectivity index (χ0) is 19.3. The molecule has 0 spiro atoms. The largest absolute Gasteiger partial charge is 0.350 e. The minimum atomic E-state index is -0.305. The molecule has 0 bridgehead atoms. The molecular weight excluding hydrogens is 375 g/mol. The minimum Gasteiger partial charge on any atom is -0.350 e. The Morgan fingerprint density at radius 1 is 1.21 bits per heavy atom. The van der Waals surface area contributed by atoms with Crippen LogP contribution < -0.4 is 5.32 Å². The van der Waals surface area contributed by atoms with Crippen LogP contribution in [-0.2, 0) is 6.54 Å². The number of benzene rings is 1. The molecule has 1 amide bonds. The Hall–Kier alpha value is -2.51. The first-order valence-corrected chi connectivity index (χ1v) is 10.4. The molecule has 2 aromatic heterocycles. The van der Waals surface area contributed by atoms with Gasteiger partial charge in [0.1, 0.15) is 11.5 Å². The molecule has 1 aliphatic heterocycles. The van der Waals surface area contributed by atoms with Gasteiger partial charge in [0.15, 0.2) is 0 Å². The van der Waals surface area contributed by atoms with Crippen molar-refractivity contribution in [2.24, 2.45) is 5.92 Å². The molecule has 0 atom stereocenters. The topological polar surface area (TPSA) is 50.2 Å². The zero-order valence-electron chi connectivity index (χ0n) is 15.6. The van der Waals surface area contributed by atoms with Crippen LogP contribution in [0.15, 0.2) is 54.3 Å². The Morgan fingerprint density at radius 3 is 2.71 bits per heavy atom. The monoisotopic (exact) mass is 398 g/mol. The molecule has 3 heterocycles. The summed E-state index contributed by atoms with van der Waals surface area (Å²) in [4.78, 5) is 20.6. The quantitative estimate of drug-likeness (QED) is 0.689. The zero-order valence-corrected chi connectivity index (χ0v) is 16.4. The van der Waals surface area contributed by atoms with Gasteiger partial charge in [-0.05, 0) is 67.6 Å². The van der Waals surface area contributed by atoms with Crippen LogP contribution in [0.4, 0.5) is 4.39 Å². The Labute approximate surface area is 167 Å². The van der Waals surface area contributed by atoms with E-state index < -0.39 is 0 Å². The van der Waals surface area contributed by atoms with E-state index in [0.717, 1.165) is 32.5 Å². The third-order valence-corrected chi connectivity index (χ3v) is 6.06. The van der Waals surface area contributed by atoms with E-state index in [9.17, 15) is 9.18 Å². The summed E-state index contributed by atoms with van der Waals surface area (Å²) in [6, 6.07) is 10.3. The summed E-state index contributed by atoms with van der Waals surface area (Å²) >= 11 is 1.80. The summed E-state index contributed by atoms with van der Waals surface area (Å²) in [7, 11) is 0. The number of thiophene rings is 1. The average Bonchev–Trinajstić information content (AvgIpc) is 3.40. The molecule has 0 aliphatic carbocycles. The first kappa shape index (κ1) is 18.8. The molecule has 1 saturated heterocycles. The van der Waals surface area contributed by atoms with Gasteiger partial charge in [-0.15, -0.1) is 11.3 Å². The van der Waals surface area contributed by atoms with E-state index in [-0.39, 0.29) is 11.7 Å². The molecule has 28 heavy (non-hydrogen) atoms. The van der Waals surface area contributed by atoms with Crippen molar-refractivity contribution in [3.05, 3.63) is 70.7 Å². The summed E-state index contributed by atoms with van der Waals surface area (Å²) in [6.45, 7) is 3.81. The van der Waals surface area contributed by atoms with E-state index in [1.54, 1.807) is 40.6 Å². The van der Waals surface area contributed by atoms with Gasteiger partial charge in [-0.3, -0.25) is 14.3 Å². The lowest BCUT2D eigenvalue weighted by atomic mass is 9.96. The number of amides is 1. The number of imidazole rings is 1. The Kier molecular flexibility index (Phi) is 5.83. The van der Waals surface area contributed by atoms with E-state index >= 15 is 0 Å². The van der Waals surface area contributed by atoms with E-state index in [0.29, 0.717) is 23.8 Å². The maximum absolute atomic E-state index is 13.1. The normalized spacial score (nSPS) is 15.6. The Bertz CT molecular complexity index is 899. The number of nitrogens with zero attached hydrogens (tertiary/aromatic N) is 3. The molecule has 1 N–H and O–H groups in total. The number of likely N-dealkylation sites (tertiary alicyclic amines) is 1. The molecule has 4 rings (SSSR count). The van der Waals surface area contributed by atoms with Gasteiger partial charge >= 0.3 is 0 Å². The van der Waals surface area contributed by atoms with Crippen LogP contribution in [0.2, 0.25) is 0 Å². The SMILES string of the molecule is O=C(NCC1CCN(Cc2cccs2)CC1)c1cncn1-c1ccc(F)cc1. The fraction of sp³-hybridized carbons (Fsp3) is 0.333. The highest BCUT2D eigenvalue weighted by molar-refractivity contribution is 7.09. The van der Waals surface area contributed by atoms with Crippen molar-refractivity contribution >= 4 is 17.2 Å². The van der Waals surface area contributed by atoms with Gasteiger partial charge in [-0.2, -0.15) is 0 Å². The van der Waals surface area contributed by atoms with Crippen LogP contribution in [0.1, 0.15) is 28.2 Å². The van der Waals surface area contributed by atoms with Gasteiger partial charge < -0.3 is 5.32 Å². The molecule has 0 unspecified atom stereocenters. The fourth-order valence-electron chi connectivity index (χ4n) is 3.57. The second-order valence-corrected chi connectivity index (χ2v) is 8.17. The van der Waals surface area contributed by atoms with Crippen LogP contribution in [-0.4, -0.2) is 40.0 Å². The lowest BCUT2D eigenvalue weighted by molar-refractivity contribution is 0.0928. The number of rotatable bonds is 6. The van der Waals surface area contributed by atoms with Gasteiger partial charge in [-0.25, -0.2) is 9.37 Å². The number of nitrogens with one attached hydrogen (secondary N) is 1. The van der Waals surface area contributed by atoms with Crippen molar-refractivity contribution in [1.82, 2.24) is 19.8 Å². The predicted molar refractivity (Wildman–Crippen MR) is 108 cm³/mol. The van der Waals surface area contributed by atoms with Crippen LogP contribution in [0, 0.1) is 11.7 Å². The van der Waals surface area contributed by atoms with Gasteiger partial charge in [0.05, 0.1) is 12.5 Å². The van der Waals surface area contributed by atoms with Crippen molar-refractivity contribution in [3.63, 3.8) is 0 Å². The molecule has 1 aromatic carbocycles. The molecule has 0 radical (unpaired) electrons. The number of carbonyl (C=O) groups excluding carboxylic acids is 1. The smallest absolute Gasteiger partial charge is 0.269 e. The summed E-state index contributed by atoms with van der Waals surface area (Å²) in [5.41, 5.74) is 1.17. The van der Waals surface area contributed by atoms with Crippen molar-refractivity contribution in [3.8, 4) is 5.69 Å². The maximum Gasteiger partial charge on any atom is 0.269 e. The van der Waals surface area contributed by atoms with Gasteiger partial charge in [-0.1, -0.05) is 6.07 Å². The summed E-state index contributed by atoms with van der Waals surface area (Å²) in [5, 5.41) is 5.17. The van der Waals surface area contributed by atoms with E-state index in [1.807, 2.05) is 0 Å². The molecule has 7 heteroatoms.